The third-order valence-electron chi connectivity index (χ3n) is 3.87. The van der Waals surface area contributed by atoms with Crippen LogP contribution in [0.2, 0.25) is 0 Å². The number of hydrogen-bond acceptors (Lipinski definition) is 5. The molecule has 6 nitrogen and oxygen atoms in total. The van der Waals surface area contributed by atoms with Crippen LogP contribution in [0, 0.1) is 6.92 Å². The fourth-order valence-electron chi connectivity index (χ4n) is 2.49. The standard InChI is InChI=1S/C20H24N2O4S/c1-5-6-15-11-18(27-13(15)3)20(25)26-12(2)19(24)22-17-9-7-16(8-10-17)21-14(4)23/h7-12H,5-6H2,1-4H3,(H,21,23)(H,22,24)/t12-/m0/s1. The van der Waals surface area contributed by atoms with Crippen molar-refractivity contribution in [1.82, 2.24) is 0 Å². The highest BCUT2D eigenvalue weighted by atomic mass is 32.1. The molecule has 0 aliphatic carbocycles. The summed E-state index contributed by atoms with van der Waals surface area (Å²) in [5.74, 6) is -1.08. The Morgan fingerprint density at radius 3 is 2.26 bits per heavy atom. The van der Waals surface area contributed by atoms with Crippen LogP contribution < -0.4 is 10.6 Å². The maximum Gasteiger partial charge on any atom is 0.349 e. The van der Waals surface area contributed by atoms with E-state index >= 15 is 0 Å². The van der Waals surface area contributed by atoms with Crippen molar-refractivity contribution < 1.29 is 19.1 Å². The van der Waals surface area contributed by atoms with Gasteiger partial charge in [0.15, 0.2) is 6.10 Å². The zero-order valence-electron chi connectivity index (χ0n) is 15.9. The number of nitrogens with one attached hydrogen (secondary N) is 2. The Morgan fingerprint density at radius 1 is 1.11 bits per heavy atom. The molecule has 0 aliphatic heterocycles. The summed E-state index contributed by atoms with van der Waals surface area (Å²) in [4.78, 5) is 37.2. The topological polar surface area (TPSA) is 84.5 Å². The molecule has 2 N–H and O–H groups in total. The van der Waals surface area contributed by atoms with Crippen LogP contribution in [0.3, 0.4) is 0 Å². The first-order valence-electron chi connectivity index (χ1n) is 8.79. The zero-order valence-corrected chi connectivity index (χ0v) is 16.7. The minimum atomic E-state index is -0.926. The molecule has 2 rings (SSSR count). The van der Waals surface area contributed by atoms with Gasteiger partial charge in [-0.2, -0.15) is 0 Å². The lowest BCUT2D eigenvalue weighted by Crippen LogP contribution is -2.29. The minimum Gasteiger partial charge on any atom is -0.448 e. The molecular weight excluding hydrogens is 364 g/mol. The van der Waals surface area contributed by atoms with Crippen molar-refractivity contribution in [2.24, 2.45) is 0 Å². The lowest BCUT2D eigenvalue weighted by atomic mass is 10.1. The number of carbonyl (C=O) groups is 3. The molecule has 0 radical (unpaired) electrons. The molecule has 0 unspecified atom stereocenters. The largest absolute Gasteiger partial charge is 0.448 e. The van der Waals surface area contributed by atoms with Gasteiger partial charge in [-0.15, -0.1) is 11.3 Å². The van der Waals surface area contributed by atoms with Crippen LogP contribution in [0.15, 0.2) is 30.3 Å². The van der Waals surface area contributed by atoms with Gasteiger partial charge in [-0.3, -0.25) is 9.59 Å². The van der Waals surface area contributed by atoms with E-state index in [9.17, 15) is 14.4 Å². The van der Waals surface area contributed by atoms with Gasteiger partial charge in [-0.05, 0) is 56.2 Å². The molecule has 2 amide bonds. The molecule has 7 heteroatoms. The number of benzene rings is 1. The molecule has 1 atom stereocenters. The number of thiophene rings is 1. The van der Waals surface area contributed by atoms with Gasteiger partial charge in [0, 0.05) is 23.2 Å². The van der Waals surface area contributed by atoms with Crippen LogP contribution >= 0.6 is 11.3 Å². The Labute approximate surface area is 162 Å². The molecule has 1 aromatic carbocycles. The van der Waals surface area contributed by atoms with Crippen LogP contribution in [0.4, 0.5) is 11.4 Å². The summed E-state index contributed by atoms with van der Waals surface area (Å²) in [6.45, 7) is 7.02. The van der Waals surface area contributed by atoms with Crippen molar-refractivity contribution in [2.45, 2.75) is 46.6 Å². The molecule has 0 saturated carbocycles. The molecule has 0 fully saturated rings. The fraction of sp³-hybridized carbons (Fsp3) is 0.350. The molecule has 0 aliphatic rings. The van der Waals surface area contributed by atoms with Crippen molar-refractivity contribution in [1.29, 1.82) is 0 Å². The van der Waals surface area contributed by atoms with E-state index in [4.69, 9.17) is 4.74 Å². The van der Waals surface area contributed by atoms with Crippen LogP contribution in [-0.4, -0.2) is 23.9 Å². The van der Waals surface area contributed by atoms with Crippen molar-refractivity contribution in [2.75, 3.05) is 10.6 Å². The Hall–Kier alpha value is -2.67. The number of hydrogen-bond donors (Lipinski definition) is 2. The monoisotopic (exact) mass is 388 g/mol. The lowest BCUT2D eigenvalue weighted by Gasteiger charge is -2.13. The van der Waals surface area contributed by atoms with Crippen LogP contribution in [0.25, 0.3) is 0 Å². The molecule has 0 bridgehead atoms. The van der Waals surface area contributed by atoms with E-state index in [1.807, 2.05) is 13.0 Å². The lowest BCUT2D eigenvalue weighted by molar-refractivity contribution is -0.123. The first-order chi connectivity index (χ1) is 12.8. The van der Waals surface area contributed by atoms with E-state index in [0.29, 0.717) is 16.3 Å². The molecule has 2 aromatic rings. The third kappa shape index (κ3) is 5.92. The van der Waals surface area contributed by atoms with Gasteiger partial charge in [0.25, 0.3) is 5.91 Å². The first-order valence-corrected chi connectivity index (χ1v) is 9.60. The number of amides is 2. The normalized spacial score (nSPS) is 11.6. The number of esters is 1. The Balaban J connectivity index is 1.93. The van der Waals surface area contributed by atoms with E-state index in [0.717, 1.165) is 23.3 Å². The Kier molecular flexibility index (Phi) is 7.12. The number of carbonyl (C=O) groups excluding carboxylic acids is 3. The highest BCUT2D eigenvalue weighted by molar-refractivity contribution is 7.14. The van der Waals surface area contributed by atoms with Gasteiger partial charge in [-0.25, -0.2) is 4.79 Å². The van der Waals surface area contributed by atoms with E-state index < -0.39 is 18.0 Å². The number of ether oxygens (including phenoxy) is 1. The summed E-state index contributed by atoms with van der Waals surface area (Å²) < 4.78 is 5.30. The van der Waals surface area contributed by atoms with E-state index in [1.165, 1.54) is 25.2 Å². The van der Waals surface area contributed by atoms with Gasteiger partial charge in [0.2, 0.25) is 5.91 Å². The smallest absolute Gasteiger partial charge is 0.349 e. The van der Waals surface area contributed by atoms with Gasteiger partial charge >= 0.3 is 5.97 Å². The Bertz CT molecular complexity index is 827. The SMILES string of the molecule is CCCc1cc(C(=O)O[C@@H](C)C(=O)Nc2ccc(NC(C)=O)cc2)sc1C. The average Bonchev–Trinajstić information content (AvgIpc) is 2.97. The maximum atomic E-state index is 12.3. The second-order valence-electron chi connectivity index (χ2n) is 6.24. The van der Waals surface area contributed by atoms with E-state index in [1.54, 1.807) is 24.3 Å². The third-order valence-corrected chi connectivity index (χ3v) is 4.94. The van der Waals surface area contributed by atoms with Gasteiger partial charge in [-0.1, -0.05) is 13.3 Å². The van der Waals surface area contributed by atoms with Gasteiger partial charge < -0.3 is 15.4 Å². The highest BCUT2D eigenvalue weighted by Crippen LogP contribution is 2.24. The minimum absolute atomic E-state index is 0.168. The van der Waals surface area contributed by atoms with Crippen molar-refractivity contribution in [3.8, 4) is 0 Å². The zero-order chi connectivity index (χ0) is 20.0. The van der Waals surface area contributed by atoms with E-state index in [2.05, 4.69) is 17.6 Å². The molecule has 0 saturated heterocycles. The predicted molar refractivity (Wildman–Crippen MR) is 107 cm³/mol. The summed E-state index contributed by atoms with van der Waals surface area (Å²) in [5.41, 5.74) is 2.33. The van der Waals surface area contributed by atoms with Crippen molar-refractivity contribution in [3.05, 3.63) is 45.6 Å². The summed E-state index contributed by atoms with van der Waals surface area (Å²) in [5, 5.41) is 5.34. The Morgan fingerprint density at radius 2 is 1.70 bits per heavy atom. The molecule has 1 aromatic heterocycles. The summed E-state index contributed by atoms with van der Waals surface area (Å²) in [6, 6.07) is 8.53. The number of rotatable bonds is 7. The average molecular weight is 388 g/mol. The van der Waals surface area contributed by atoms with Crippen LogP contribution in [-0.2, 0) is 20.7 Å². The molecule has 0 spiro atoms. The van der Waals surface area contributed by atoms with Crippen LogP contribution in [0.1, 0.15) is 47.3 Å². The van der Waals surface area contributed by atoms with Crippen LogP contribution in [0.5, 0.6) is 0 Å². The summed E-state index contributed by atoms with van der Waals surface area (Å²) in [7, 11) is 0. The molecular formula is C20H24N2O4S. The highest BCUT2D eigenvalue weighted by Gasteiger charge is 2.21. The van der Waals surface area contributed by atoms with Crippen molar-refractivity contribution in [3.63, 3.8) is 0 Å². The van der Waals surface area contributed by atoms with Crippen molar-refractivity contribution >= 4 is 40.5 Å². The fourth-order valence-corrected chi connectivity index (χ4v) is 3.45. The van der Waals surface area contributed by atoms with Gasteiger partial charge in [0.1, 0.15) is 4.88 Å². The number of anilines is 2. The molecule has 1 heterocycles. The predicted octanol–water partition coefficient (Wildman–Crippen LogP) is 4.15. The van der Waals surface area contributed by atoms with Gasteiger partial charge in [0.05, 0.1) is 0 Å². The number of aryl methyl sites for hydroxylation is 2. The maximum absolute atomic E-state index is 12.3. The summed E-state index contributed by atoms with van der Waals surface area (Å²) >= 11 is 1.39. The second-order valence-corrected chi connectivity index (χ2v) is 7.49. The molecule has 144 valence electrons. The first kappa shape index (κ1) is 20.6. The second kappa shape index (κ2) is 9.32. The quantitative estimate of drug-likeness (QED) is 0.698. The molecule has 27 heavy (non-hydrogen) atoms. The summed E-state index contributed by atoms with van der Waals surface area (Å²) in [6.07, 6.45) is 0.996. The van der Waals surface area contributed by atoms with E-state index in [-0.39, 0.29) is 5.91 Å².